The molecule has 1 saturated heterocycles. The van der Waals surface area contributed by atoms with E-state index in [1.165, 1.54) is 6.20 Å². The van der Waals surface area contributed by atoms with Crippen LogP contribution in [0.25, 0.3) is 0 Å². The van der Waals surface area contributed by atoms with Crippen molar-refractivity contribution in [3.05, 3.63) is 28.5 Å². The van der Waals surface area contributed by atoms with Gasteiger partial charge in [0.1, 0.15) is 10.7 Å². The lowest BCUT2D eigenvalue weighted by atomic mass is 10.1. The Hall–Kier alpha value is -0.950. The van der Waals surface area contributed by atoms with Crippen LogP contribution >= 0.6 is 12.2 Å². The summed E-state index contributed by atoms with van der Waals surface area (Å²) in [4.78, 5) is 0. The Bertz CT molecular complexity index is 433. The van der Waals surface area contributed by atoms with Gasteiger partial charge in [0, 0.05) is 12.0 Å². The zero-order chi connectivity index (χ0) is 11.7. The van der Waals surface area contributed by atoms with Crippen LogP contribution in [-0.2, 0) is 4.74 Å². The molecule has 0 radical (unpaired) electrons. The summed E-state index contributed by atoms with van der Waals surface area (Å²) >= 11 is 4.84. The molecule has 1 aliphatic heterocycles. The summed E-state index contributed by atoms with van der Waals surface area (Å²) in [7, 11) is 0. The van der Waals surface area contributed by atoms with Gasteiger partial charge in [-0.05, 0) is 6.07 Å². The van der Waals surface area contributed by atoms with Gasteiger partial charge in [-0.1, -0.05) is 18.3 Å². The maximum absolute atomic E-state index is 9.57. The number of aliphatic hydroxyl groups excluding tert-OH is 2. The van der Waals surface area contributed by atoms with Gasteiger partial charge >= 0.3 is 0 Å². The zero-order valence-corrected chi connectivity index (χ0v) is 9.30. The normalized spacial score (nSPS) is 29.5. The van der Waals surface area contributed by atoms with E-state index in [1.807, 2.05) is 0 Å². The standard InChI is InChI=1S/C10H13NO4S/c12-5-9-7(13)3-8(15-9)6-1-2-10(16)11(14)4-6/h1-2,4,7-9,12-14H,3,5H2/t7-,8+,9+/m0/s1. The molecule has 2 rings (SSSR count). The Morgan fingerprint density at radius 3 is 2.81 bits per heavy atom. The summed E-state index contributed by atoms with van der Waals surface area (Å²) in [5.74, 6) is 0. The van der Waals surface area contributed by atoms with Gasteiger partial charge in [-0.25, -0.2) is 0 Å². The molecule has 5 nitrogen and oxygen atoms in total. The van der Waals surface area contributed by atoms with Crippen molar-refractivity contribution in [1.29, 1.82) is 0 Å². The van der Waals surface area contributed by atoms with Crippen molar-refractivity contribution in [3.63, 3.8) is 0 Å². The quantitative estimate of drug-likeness (QED) is 0.525. The molecule has 0 aromatic carbocycles. The average molecular weight is 243 g/mol. The fourth-order valence-electron chi connectivity index (χ4n) is 1.79. The van der Waals surface area contributed by atoms with Gasteiger partial charge in [-0.15, -0.1) is 0 Å². The van der Waals surface area contributed by atoms with Crippen LogP contribution in [0.5, 0.6) is 0 Å². The summed E-state index contributed by atoms with van der Waals surface area (Å²) in [6.45, 7) is -0.212. The predicted octanol–water partition coefficient (Wildman–Crippen LogP) is 0.638. The minimum atomic E-state index is -0.676. The number of nitrogens with zero attached hydrogens (tertiary/aromatic N) is 1. The van der Waals surface area contributed by atoms with Crippen molar-refractivity contribution >= 4 is 12.2 Å². The number of aromatic nitrogens is 1. The Morgan fingerprint density at radius 2 is 2.25 bits per heavy atom. The first-order valence-corrected chi connectivity index (χ1v) is 5.39. The van der Waals surface area contributed by atoms with E-state index in [0.29, 0.717) is 11.1 Å². The summed E-state index contributed by atoms with van der Waals surface area (Å²) in [6, 6.07) is 3.33. The fourth-order valence-corrected chi connectivity index (χ4v) is 1.91. The monoisotopic (exact) mass is 243 g/mol. The number of ether oxygens (including phenoxy) is 1. The fraction of sp³-hybridized carbons (Fsp3) is 0.500. The molecule has 1 fully saturated rings. The van der Waals surface area contributed by atoms with Crippen molar-refractivity contribution in [2.75, 3.05) is 6.61 Å². The van der Waals surface area contributed by atoms with E-state index in [9.17, 15) is 10.3 Å². The Balaban J connectivity index is 2.20. The van der Waals surface area contributed by atoms with E-state index in [1.54, 1.807) is 12.1 Å². The molecule has 0 unspecified atom stereocenters. The van der Waals surface area contributed by atoms with E-state index < -0.39 is 12.2 Å². The van der Waals surface area contributed by atoms with Crippen LogP contribution in [-0.4, -0.2) is 39.0 Å². The van der Waals surface area contributed by atoms with Crippen LogP contribution in [0.3, 0.4) is 0 Å². The van der Waals surface area contributed by atoms with Gasteiger partial charge < -0.3 is 20.2 Å². The molecule has 1 aromatic heterocycles. The summed E-state index contributed by atoms with van der Waals surface area (Å²) in [6.07, 6.45) is 0.313. The third-order valence-corrected chi connectivity index (χ3v) is 3.01. The molecule has 0 amide bonds. The smallest absolute Gasteiger partial charge is 0.142 e. The largest absolute Gasteiger partial charge is 0.428 e. The van der Waals surface area contributed by atoms with Crippen LogP contribution in [0, 0.1) is 4.64 Å². The number of aliphatic hydroxyl groups is 2. The van der Waals surface area contributed by atoms with E-state index in [4.69, 9.17) is 22.1 Å². The average Bonchev–Trinajstić information content (AvgIpc) is 2.64. The lowest BCUT2D eigenvalue weighted by Crippen LogP contribution is -2.24. The molecule has 0 spiro atoms. The Labute approximate surface area is 97.5 Å². The van der Waals surface area contributed by atoms with Crippen molar-refractivity contribution in [3.8, 4) is 0 Å². The molecule has 1 aromatic rings. The molecule has 0 saturated carbocycles. The molecule has 3 N–H and O–H groups in total. The number of hydrogen-bond acceptors (Lipinski definition) is 5. The summed E-state index contributed by atoms with van der Waals surface area (Å²) in [5, 5.41) is 27.9. The summed E-state index contributed by atoms with van der Waals surface area (Å²) in [5.41, 5.74) is 0.728. The lowest BCUT2D eigenvalue weighted by Gasteiger charge is -2.12. The number of pyridine rings is 1. The van der Waals surface area contributed by atoms with Gasteiger partial charge in [0.2, 0.25) is 0 Å². The summed E-state index contributed by atoms with van der Waals surface area (Å²) < 4.78 is 6.59. The highest BCUT2D eigenvalue weighted by atomic mass is 32.1. The van der Waals surface area contributed by atoms with Crippen LogP contribution in [0.4, 0.5) is 0 Å². The maximum Gasteiger partial charge on any atom is 0.142 e. The third kappa shape index (κ3) is 2.10. The molecule has 6 heteroatoms. The van der Waals surface area contributed by atoms with Gasteiger partial charge in [0.05, 0.1) is 25.0 Å². The van der Waals surface area contributed by atoms with Crippen molar-refractivity contribution in [1.82, 2.24) is 4.73 Å². The van der Waals surface area contributed by atoms with E-state index >= 15 is 0 Å². The molecule has 88 valence electrons. The first kappa shape index (κ1) is 11.5. The van der Waals surface area contributed by atoms with E-state index in [2.05, 4.69) is 0 Å². The predicted molar refractivity (Wildman–Crippen MR) is 57.8 cm³/mol. The number of hydrogen-bond donors (Lipinski definition) is 3. The minimum absolute atomic E-state index is 0.212. The zero-order valence-electron chi connectivity index (χ0n) is 8.48. The van der Waals surface area contributed by atoms with Gasteiger partial charge in [-0.2, -0.15) is 4.73 Å². The van der Waals surface area contributed by atoms with Crippen LogP contribution in [0.1, 0.15) is 18.1 Å². The molecular weight excluding hydrogens is 230 g/mol. The minimum Gasteiger partial charge on any atom is -0.428 e. The van der Waals surface area contributed by atoms with Gasteiger partial charge in [0.15, 0.2) is 0 Å². The molecule has 3 atom stereocenters. The molecule has 1 aliphatic rings. The second-order valence-corrected chi connectivity index (χ2v) is 4.21. The topological polar surface area (TPSA) is 74.9 Å². The van der Waals surface area contributed by atoms with Crippen molar-refractivity contribution in [2.45, 2.75) is 24.7 Å². The highest BCUT2D eigenvalue weighted by Crippen LogP contribution is 2.32. The SMILES string of the molecule is OC[C@H]1O[C@@H](c2ccc(=S)n(O)c2)C[C@@H]1O. The van der Waals surface area contributed by atoms with E-state index in [0.717, 1.165) is 10.3 Å². The lowest BCUT2D eigenvalue weighted by molar-refractivity contribution is -0.0230. The Kier molecular flexibility index (Phi) is 3.25. The molecular formula is C10H13NO4S. The number of rotatable bonds is 2. The maximum atomic E-state index is 9.57. The first-order chi connectivity index (χ1) is 7.61. The highest BCUT2D eigenvalue weighted by Gasteiger charge is 2.34. The van der Waals surface area contributed by atoms with Crippen molar-refractivity contribution < 1.29 is 20.2 Å². The van der Waals surface area contributed by atoms with E-state index in [-0.39, 0.29) is 12.7 Å². The van der Waals surface area contributed by atoms with Crippen LogP contribution < -0.4 is 0 Å². The molecule has 16 heavy (non-hydrogen) atoms. The van der Waals surface area contributed by atoms with Crippen LogP contribution in [0.15, 0.2) is 18.3 Å². The third-order valence-electron chi connectivity index (χ3n) is 2.69. The Morgan fingerprint density at radius 1 is 1.50 bits per heavy atom. The van der Waals surface area contributed by atoms with Gasteiger partial charge in [-0.3, -0.25) is 0 Å². The van der Waals surface area contributed by atoms with Crippen molar-refractivity contribution in [2.24, 2.45) is 0 Å². The highest BCUT2D eigenvalue weighted by molar-refractivity contribution is 7.71. The van der Waals surface area contributed by atoms with Gasteiger partial charge in [0.25, 0.3) is 0 Å². The first-order valence-electron chi connectivity index (χ1n) is 4.98. The molecule has 0 bridgehead atoms. The second-order valence-electron chi connectivity index (χ2n) is 3.79. The van der Waals surface area contributed by atoms with Crippen LogP contribution in [0.2, 0.25) is 0 Å². The molecule has 2 heterocycles. The molecule has 0 aliphatic carbocycles. The second kappa shape index (κ2) is 4.50.